The molecule has 8 rings (SSSR count). The number of nitrogen functional groups attached to an aromatic ring is 2. The van der Waals surface area contributed by atoms with Gasteiger partial charge in [-0.15, -0.1) is 11.0 Å². The SMILES string of the molecule is CC(=O)O.CC(=O)O.CCc1c(CC)c2cc3nc(cnc4cc(OCCOCCOCCOC)c(OCCOCCOCCOC)cc4ncc4nc(cc1[n-]2)C(CCCO)=C4C)C(C)=C3CCCOC(=O)CC[C@@H](NC(=O)c1ccc(N(C)Cc2cnc3nc(N)nc(N)c3n2)cc1)C(=O)O.[Gd]. The molecule has 0 radical (unpaired) electrons. The van der Waals surface area contributed by atoms with Crippen molar-refractivity contribution in [1.82, 2.24) is 50.2 Å². The summed E-state index contributed by atoms with van der Waals surface area (Å²) in [5.74, 6) is -3.32. The zero-order valence-electron chi connectivity index (χ0n) is 60.2. The van der Waals surface area contributed by atoms with Crippen molar-refractivity contribution in [2.24, 2.45) is 0 Å². The van der Waals surface area contributed by atoms with Crippen molar-refractivity contribution in [3.05, 3.63) is 112 Å². The average Bonchev–Trinajstić information content (AvgIpc) is 1.52. The summed E-state index contributed by atoms with van der Waals surface area (Å²) >= 11 is 0. The minimum atomic E-state index is -1.38. The van der Waals surface area contributed by atoms with E-state index < -0.39 is 35.8 Å². The maximum absolute atomic E-state index is 13.4. The molecule has 0 saturated carbocycles. The number of nitrogens with zero attached hydrogens (tertiary/aromatic N) is 10. The van der Waals surface area contributed by atoms with Crippen LogP contribution in [0.25, 0.3) is 55.5 Å². The number of aliphatic hydroxyl groups is 1. The van der Waals surface area contributed by atoms with Crippen molar-refractivity contribution in [3.63, 3.8) is 0 Å². The Hall–Kier alpha value is -8.83. The average molecular weight is 1590 g/mol. The number of hydrogen-bond donors (Lipinski definition) is 7. The van der Waals surface area contributed by atoms with Gasteiger partial charge in [0.05, 0.1) is 137 Å². The van der Waals surface area contributed by atoms with E-state index in [1.165, 1.54) is 0 Å². The monoisotopic (exact) mass is 1590 g/mol. The Morgan fingerprint density at radius 1 is 0.606 bits per heavy atom. The van der Waals surface area contributed by atoms with Crippen LogP contribution >= 0.6 is 0 Å². The quantitative estimate of drug-likeness (QED) is 0.0145. The number of hydrogen-bond acceptors (Lipinski definition) is 26. The summed E-state index contributed by atoms with van der Waals surface area (Å²) in [7, 11) is 5.07. The van der Waals surface area contributed by atoms with Crippen molar-refractivity contribution >= 4 is 103 Å². The number of carbonyl (C=O) groups excluding carboxylic acids is 2. The first-order valence-corrected chi connectivity index (χ1v) is 33.7. The van der Waals surface area contributed by atoms with Gasteiger partial charge < -0.3 is 89.7 Å². The molecule has 2 aliphatic heterocycles. The number of aliphatic hydroxyl groups excluding tert-OH is 1. The second kappa shape index (κ2) is 45.4. The summed E-state index contributed by atoms with van der Waals surface area (Å²) in [6, 6.07) is 12.8. The Balaban J connectivity index is 0.00000205. The molecule has 9 N–H and O–H groups in total. The van der Waals surface area contributed by atoms with Crippen LogP contribution in [0.3, 0.4) is 0 Å². The summed E-state index contributed by atoms with van der Waals surface area (Å²) in [6.07, 6.45) is 7.84. The zero-order valence-corrected chi connectivity index (χ0v) is 62.4. The number of anilines is 3. The Kier molecular flexibility index (Phi) is 37.5. The normalized spacial score (nSPS) is 11.9. The van der Waals surface area contributed by atoms with E-state index in [2.05, 4.69) is 39.1 Å². The summed E-state index contributed by atoms with van der Waals surface area (Å²) in [6.45, 7) is 15.0. The predicted molar refractivity (Wildman–Crippen MR) is 386 cm³/mol. The van der Waals surface area contributed by atoms with E-state index >= 15 is 0 Å². The third-order valence-corrected chi connectivity index (χ3v) is 15.7. The van der Waals surface area contributed by atoms with E-state index in [1.807, 2.05) is 37.9 Å². The van der Waals surface area contributed by atoms with E-state index in [4.69, 9.17) is 98.8 Å². The van der Waals surface area contributed by atoms with Crippen LogP contribution in [0.2, 0.25) is 0 Å². The summed E-state index contributed by atoms with van der Waals surface area (Å²) in [5.41, 5.74) is 24.7. The number of aliphatic carboxylic acids is 3. The molecule has 0 spiro atoms. The molecule has 0 aliphatic carbocycles. The van der Waals surface area contributed by atoms with Crippen molar-refractivity contribution in [3.8, 4) is 11.5 Å². The Bertz CT molecular complexity index is 4100. The maximum Gasteiger partial charge on any atom is 0.326 e. The largest absolute Gasteiger partial charge is 0.657 e. The van der Waals surface area contributed by atoms with E-state index in [0.717, 1.165) is 69.7 Å². The van der Waals surface area contributed by atoms with Gasteiger partial charge in [0.25, 0.3) is 17.8 Å². The molecule has 564 valence electrons. The molecule has 0 fully saturated rings. The summed E-state index contributed by atoms with van der Waals surface area (Å²) < 4.78 is 51.3. The summed E-state index contributed by atoms with van der Waals surface area (Å²) in [5, 5.41) is 37.5. The van der Waals surface area contributed by atoms with Gasteiger partial charge in [-0.3, -0.25) is 29.1 Å². The number of amides is 1. The van der Waals surface area contributed by atoms with Crippen molar-refractivity contribution < 1.29 is 127 Å². The number of benzene rings is 2. The Morgan fingerprint density at radius 3 is 1.56 bits per heavy atom. The van der Waals surface area contributed by atoms with Crippen LogP contribution < -0.4 is 36.1 Å². The van der Waals surface area contributed by atoms with E-state index in [1.54, 1.807) is 69.2 Å². The molecule has 2 aliphatic rings. The third kappa shape index (κ3) is 27.3. The molecule has 1 amide bonds. The molecule has 0 unspecified atom stereocenters. The van der Waals surface area contributed by atoms with Crippen molar-refractivity contribution in [2.45, 2.75) is 105 Å². The van der Waals surface area contributed by atoms with Crippen molar-refractivity contribution in [2.75, 3.05) is 130 Å². The number of nitrogens with one attached hydrogen (secondary N) is 1. The number of nitrogens with two attached hydrogens (primary N) is 2. The maximum atomic E-state index is 13.4. The van der Waals surface area contributed by atoms with Gasteiger partial charge in [0.2, 0.25) is 5.95 Å². The van der Waals surface area contributed by atoms with Crippen LogP contribution in [0.1, 0.15) is 130 Å². The molecular weight excluding hydrogens is 1490 g/mol. The van der Waals surface area contributed by atoms with Crippen molar-refractivity contribution in [1.29, 1.82) is 0 Å². The standard InChI is InChI=1S/C68H87N13O14.2C2H4O2.Gd/c1-8-47-48(9-2)53-35-55-50(13-11-21-95-62(83)19-18-51(67(85)86)78-66(84)44-14-16-46(17-15-44)81(5)41-45-38-73-65-63(74-45)64(69)79-68(70)80-65)43(4)59(77-55)40-72-57-37-61(94-33-31-92-29-27-90-25-23-88-7)60(93-32-30-91-28-26-89-24-22-87-6)36-56(57)71-39-58-42(3)49(12-10-20-82)54(76-58)34-52(47)75-53;2*1-2(3)4;/h14-17,34-40,51,82H,8-13,18-33,41H2,1-7H3,(H7,69,70,71,72,73,75,76,77,78,79,80,84,85,86);2*1H3,(H,3,4);/p-1/t51-;;;/m1.../s1. The first kappa shape index (κ1) is 85.8. The second-order valence-electron chi connectivity index (χ2n) is 23.2. The fraction of sp³-hybridized carbons (Fsp3) is 0.458. The molecule has 4 aromatic heterocycles. The van der Waals surface area contributed by atoms with Gasteiger partial charge in [0, 0.05) is 111 Å². The number of methoxy groups -OCH3 is 2. The first-order valence-electron chi connectivity index (χ1n) is 33.7. The molecule has 6 bridgehead atoms. The third-order valence-electron chi connectivity index (χ3n) is 15.7. The van der Waals surface area contributed by atoms with Crippen LogP contribution in [0.5, 0.6) is 11.5 Å². The molecule has 2 aromatic carbocycles. The number of aromatic nitrogens is 9. The van der Waals surface area contributed by atoms with E-state index in [9.17, 15) is 24.6 Å². The minimum Gasteiger partial charge on any atom is -0.657 e. The van der Waals surface area contributed by atoms with E-state index in [-0.39, 0.29) is 115 Å². The number of esters is 1. The molecule has 104 heavy (non-hydrogen) atoms. The number of fused-ring (bicyclic) bond motifs is 8. The molecule has 6 heterocycles. The van der Waals surface area contributed by atoms with Gasteiger partial charge in [0.1, 0.15) is 19.3 Å². The molecule has 6 aromatic rings. The van der Waals surface area contributed by atoms with Gasteiger partial charge >= 0.3 is 11.9 Å². The summed E-state index contributed by atoms with van der Waals surface area (Å²) in [4.78, 5) is 102. The van der Waals surface area contributed by atoms with Gasteiger partial charge in [-0.1, -0.05) is 37.1 Å². The molecule has 32 heteroatoms. The minimum absolute atomic E-state index is 0. The smallest absolute Gasteiger partial charge is 0.326 e. The number of ether oxygens (including phenoxy) is 9. The van der Waals surface area contributed by atoms with Crippen LogP contribution in [0, 0.1) is 39.9 Å². The van der Waals surface area contributed by atoms with Crippen LogP contribution in [-0.4, -0.2) is 210 Å². The molecule has 1 atom stereocenters. The topological polar surface area (TPSA) is 434 Å². The Morgan fingerprint density at radius 2 is 1.09 bits per heavy atom. The van der Waals surface area contributed by atoms with Crippen LogP contribution in [0.15, 0.2) is 67.1 Å². The Labute approximate surface area is 635 Å². The zero-order chi connectivity index (χ0) is 74.8. The number of carbonyl (C=O) groups is 5. The predicted octanol–water partition coefficient (Wildman–Crippen LogP) is 7.55. The molecule has 0 saturated heterocycles. The fourth-order valence-electron chi connectivity index (χ4n) is 10.6. The number of carboxylic acid groups (broad SMARTS) is 3. The number of rotatable bonds is 38. The van der Waals surface area contributed by atoms with Gasteiger partial charge in [-0.05, 0) is 105 Å². The molecule has 31 nitrogen and oxygen atoms in total. The fourth-order valence-corrected chi connectivity index (χ4v) is 10.6. The van der Waals surface area contributed by atoms with E-state index in [0.29, 0.717) is 149 Å². The first-order chi connectivity index (χ1) is 49.6. The van der Waals surface area contributed by atoms with Crippen LogP contribution in [-0.2, 0) is 71.7 Å². The van der Waals surface area contributed by atoms with Crippen LogP contribution in [0.4, 0.5) is 17.5 Å². The number of aryl methyl sites for hydroxylation is 2. The number of carboxylic acids is 3. The second-order valence-corrected chi connectivity index (χ2v) is 23.2. The van der Waals surface area contributed by atoms with Gasteiger partial charge in [-0.2, -0.15) is 9.97 Å². The van der Waals surface area contributed by atoms with Gasteiger partial charge in [0.15, 0.2) is 28.5 Å². The molecular formula is C72H94GdN13O18-. The van der Waals surface area contributed by atoms with Gasteiger partial charge in [-0.25, -0.2) is 24.7 Å². The number of allylic oxidation sites excluding steroid dienone is 4.